The van der Waals surface area contributed by atoms with Gasteiger partial charge in [0.1, 0.15) is 4.88 Å². The number of aromatic carboxylic acids is 1. The third-order valence-electron chi connectivity index (χ3n) is 1.44. The second-order valence-electron chi connectivity index (χ2n) is 2.60. The topological polar surface area (TPSA) is 77.8 Å². The second kappa shape index (κ2) is 5.35. The van der Waals surface area contributed by atoms with E-state index in [0.29, 0.717) is 5.75 Å². The predicted molar refractivity (Wildman–Crippen MR) is 55.1 cm³/mol. The van der Waals surface area contributed by atoms with Crippen LogP contribution in [0.15, 0.2) is 16.3 Å². The zero-order valence-electron chi connectivity index (χ0n) is 7.21. The van der Waals surface area contributed by atoms with Crippen molar-refractivity contribution >= 4 is 29.1 Å². The number of carbonyl (C=O) groups is 1. The van der Waals surface area contributed by atoms with Crippen LogP contribution in [0.2, 0.25) is 0 Å². The van der Waals surface area contributed by atoms with E-state index in [1.807, 2.05) is 0 Å². The Kier molecular flexibility index (Phi) is 4.40. The van der Waals surface area contributed by atoms with Crippen molar-refractivity contribution in [3.63, 3.8) is 0 Å². The van der Waals surface area contributed by atoms with E-state index in [9.17, 15) is 4.79 Å². The minimum atomic E-state index is -0.940. The van der Waals surface area contributed by atoms with Gasteiger partial charge in [0.05, 0.1) is 12.7 Å². The molecule has 1 aromatic heterocycles. The second-order valence-corrected chi connectivity index (χ2v) is 4.60. The van der Waals surface area contributed by atoms with Crippen LogP contribution < -0.4 is 0 Å². The van der Waals surface area contributed by atoms with Crippen LogP contribution >= 0.6 is 23.1 Å². The fourth-order valence-electron chi connectivity index (χ4n) is 0.752. The molecule has 0 aliphatic carbocycles. The lowest BCUT2D eigenvalue weighted by Gasteiger charge is -2.03. The first kappa shape index (κ1) is 11.5. The summed E-state index contributed by atoms with van der Waals surface area (Å²) in [7, 11) is 0. The number of carboxylic acid groups (broad SMARTS) is 1. The van der Waals surface area contributed by atoms with E-state index < -0.39 is 12.1 Å². The van der Waals surface area contributed by atoms with Gasteiger partial charge < -0.3 is 15.3 Å². The minimum absolute atomic E-state index is 0.275. The van der Waals surface area contributed by atoms with Crippen molar-refractivity contribution in [3.05, 3.63) is 16.3 Å². The summed E-state index contributed by atoms with van der Waals surface area (Å²) in [5.41, 5.74) is 0. The van der Waals surface area contributed by atoms with Gasteiger partial charge in [-0.05, 0) is 6.07 Å². The largest absolute Gasteiger partial charge is 0.477 e. The highest BCUT2D eigenvalue weighted by atomic mass is 32.2. The molecular weight excluding hydrogens is 224 g/mol. The molecule has 0 aliphatic rings. The molecule has 0 amide bonds. The zero-order chi connectivity index (χ0) is 10.6. The van der Waals surface area contributed by atoms with Crippen molar-refractivity contribution in [3.8, 4) is 0 Å². The number of aliphatic hydroxyl groups excluding tert-OH is 2. The van der Waals surface area contributed by atoms with Gasteiger partial charge in [0.25, 0.3) is 0 Å². The lowest BCUT2D eigenvalue weighted by atomic mass is 10.4. The number of aliphatic hydroxyl groups is 2. The summed E-state index contributed by atoms with van der Waals surface area (Å²) in [6, 6.07) is 1.56. The van der Waals surface area contributed by atoms with Gasteiger partial charge in [0.15, 0.2) is 0 Å². The first-order chi connectivity index (χ1) is 6.63. The van der Waals surface area contributed by atoms with Gasteiger partial charge in [-0.1, -0.05) is 0 Å². The SMILES string of the molecule is O=C(O)c1cc(SCC(O)CO)cs1. The summed E-state index contributed by atoms with van der Waals surface area (Å²) in [6.45, 7) is -0.275. The summed E-state index contributed by atoms with van der Waals surface area (Å²) < 4.78 is 0. The fraction of sp³-hybridized carbons (Fsp3) is 0.375. The van der Waals surface area contributed by atoms with Gasteiger partial charge in [0.2, 0.25) is 0 Å². The molecule has 1 unspecified atom stereocenters. The highest BCUT2D eigenvalue weighted by Crippen LogP contribution is 2.25. The number of rotatable bonds is 5. The Morgan fingerprint density at radius 3 is 2.86 bits per heavy atom. The maximum atomic E-state index is 10.5. The average molecular weight is 234 g/mol. The number of hydrogen-bond acceptors (Lipinski definition) is 5. The fourth-order valence-corrected chi connectivity index (χ4v) is 2.54. The van der Waals surface area contributed by atoms with Crippen molar-refractivity contribution in [1.29, 1.82) is 0 Å². The number of thioether (sulfide) groups is 1. The lowest BCUT2D eigenvalue weighted by Crippen LogP contribution is -2.14. The lowest BCUT2D eigenvalue weighted by molar-refractivity contribution is 0.0702. The van der Waals surface area contributed by atoms with Crippen LogP contribution in [-0.4, -0.2) is 39.8 Å². The van der Waals surface area contributed by atoms with Crippen LogP contribution in [0.3, 0.4) is 0 Å². The molecule has 0 spiro atoms. The van der Waals surface area contributed by atoms with E-state index in [-0.39, 0.29) is 11.5 Å². The maximum Gasteiger partial charge on any atom is 0.345 e. The van der Waals surface area contributed by atoms with Gasteiger partial charge in [-0.3, -0.25) is 0 Å². The Labute approximate surface area is 89.2 Å². The Balaban J connectivity index is 2.48. The van der Waals surface area contributed by atoms with E-state index in [2.05, 4.69) is 0 Å². The molecule has 1 heterocycles. The summed E-state index contributed by atoms with van der Waals surface area (Å²) in [5, 5.41) is 28.0. The first-order valence-electron chi connectivity index (χ1n) is 3.87. The van der Waals surface area contributed by atoms with E-state index in [4.69, 9.17) is 15.3 Å². The molecule has 1 atom stereocenters. The van der Waals surface area contributed by atoms with Crippen molar-refractivity contribution in [2.45, 2.75) is 11.0 Å². The predicted octanol–water partition coefficient (Wildman–Crippen LogP) is 0.892. The van der Waals surface area contributed by atoms with Gasteiger partial charge in [-0.25, -0.2) is 4.79 Å². The van der Waals surface area contributed by atoms with E-state index in [1.165, 1.54) is 11.8 Å². The van der Waals surface area contributed by atoms with Crippen molar-refractivity contribution in [2.24, 2.45) is 0 Å². The molecule has 0 bridgehead atoms. The molecule has 1 rings (SSSR count). The number of thiophene rings is 1. The van der Waals surface area contributed by atoms with Gasteiger partial charge in [0, 0.05) is 16.0 Å². The van der Waals surface area contributed by atoms with Crippen LogP contribution in [-0.2, 0) is 0 Å². The van der Waals surface area contributed by atoms with Gasteiger partial charge >= 0.3 is 5.97 Å². The Bertz CT molecular complexity index is 310. The molecule has 0 radical (unpaired) electrons. The normalized spacial score (nSPS) is 12.7. The summed E-state index contributed by atoms with van der Waals surface area (Å²) in [4.78, 5) is 11.6. The first-order valence-corrected chi connectivity index (χ1v) is 5.73. The molecule has 0 aliphatic heterocycles. The van der Waals surface area contributed by atoms with Crippen molar-refractivity contribution in [2.75, 3.05) is 12.4 Å². The molecule has 3 N–H and O–H groups in total. The molecule has 0 saturated heterocycles. The van der Waals surface area contributed by atoms with Crippen LogP contribution in [0.1, 0.15) is 9.67 Å². The molecule has 6 heteroatoms. The van der Waals surface area contributed by atoms with Crippen molar-refractivity contribution < 1.29 is 20.1 Å². The standard InChI is InChI=1S/C8H10O4S2/c9-2-5(10)3-13-6-1-7(8(11)12)14-4-6/h1,4-5,9-10H,2-3H2,(H,11,12). The van der Waals surface area contributed by atoms with Gasteiger partial charge in [-0.2, -0.15) is 0 Å². The van der Waals surface area contributed by atoms with Crippen LogP contribution in [0.5, 0.6) is 0 Å². The molecule has 0 aromatic carbocycles. The Hall–Kier alpha value is -0.560. The summed E-state index contributed by atoms with van der Waals surface area (Å²) >= 11 is 2.48. The van der Waals surface area contributed by atoms with E-state index >= 15 is 0 Å². The van der Waals surface area contributed by atoms with Crippen LogP contribution in [0.4, 0.5) is 0 Å². The minimum Gasteiger partial charge on any atom is -0.477 e. The highest BCUT2D eigenvalue weighted by molar-refractivity contribution is 7.99. The number of carboxylic acids is 1. The highest BCUT2D eigenvalue weighted by Gasteiger charge is 2.08. The third-order valence-corrected chi connectivity index (χ3v) is 3.63. The summed E-state index contributed by atoms with van der Waals surface area (Å²) in [5.74, 6) is -0.573. The Morgan fingerprint density at radius 2 is 2.36 bits per heavy atom. The molecule has 4 nitrogen and oxygen atoms in total. The smallest absolute Gasteiger partial charge is 0.345 e. The molecule has 0 fully saturated rings. The molecule has 0 saturated carbocycles. The molecule has 14 heavy (non-hydrogen) atoms. The third kappa shape index (κ3) is 3.30. The average Bonchev–Trinajstić information content (AvgIpc) is 2.62. The maximum absolute atomic E-state index is 10.5. The zero-order valence-corrected chi connectivity index (χ0v) is 8.85. The summed E-state index contributed by atoms with van der Waals surface area (Å²) in [6.07, 6.45) is -0.756. The number of hydrogen-bond donors (Lipinski definition) is 3. The van der Waals surface area contributed by atoms with Gasteiger partial charge in [-0.15, -0.1) is 23.1 Å². The van der Waals surface area contributed by atoms with E-state index in [1.54, 1.807) is 11.4 Å². The molecule has 1 aromatic rings. The Morgan fingerprint density at radius 1 is 1.64 bits per heavy atom. The molecule has 78 valence electrons. The van der Waals surface area contributed by atoms with E-state index in [0.717, 1.165) is 16.2 Å². The quantitative estimate of drug-likeness (QED) is 0.660. The van der Waals surface area contributed by atoms with Crippen molar-refractivity contribution in [1.82, 2.24) is 0 Å². The van der Waals surface area contributed by atoms with Crippen LogP contribution in [0.25, 0.3) is 0 Å². The monoisotopic (exact) mass is 234 g/mol. The molecular formula is C8H10O4S2. The van der Waals surface area contributed by atoms with Crippen LogP contribution in [0, 0.1) is 0 Å².